The standard InChI is InChI=1S/C19H19N3O4S2/c1-12-7-8-13(2)17(9-12)28(24,25)26-16-6-4-5-15(10-16)11-20-22-19-21-18(23)14(3)27-19/h4-11,14H,1-3H3,(H,21,22,23)/b20-11+. The number of nitrogens with zero attached hydrogens (tertiary/aromatic N) is 2. The Morgan fingerprint density at radius 2 is 1.96 bits per heavy atom. The predicted octanol–water partition coefficient (Wildman–Crippen LogP) is 3.01. The zero-order valence-corrected chi connectivity index (χ0v) is 17.2. The molecule has 0 bridgehead atoms. The van der Waals surface area contributed by atoms with Gasteiger partial charge in [0.05, 0.1) is 11.5 Å². The first kappa shape index (κ1) is 20.1. The van der Waals surface area contributed by atoms with E-state index in [9.17, 15) is 13.2 Å². The maximum Gasteiger partial charge on any atom is 0.339 e. The largest absolute Gasteiger partial charge is 0.379 e. The number of carbonyl (C=O) groups is 1. The monoisotopic (exact) mass is 417 g/mol. The zero-order valence-electron chi connectivity index (χ0n) is 15.5. The lowest BCUT2D eigenvalue weighted by molar-refractivity contribution is -0.118. The molecule has 1 aliphatic heterocycles. The van der Waals surface area contributed by atoms with Gasteiger partial charge >= 0.3 is 10.1 Å². The van der Waals surface area contributed by atoms with Gasteiger partial charge < -0.3 is 9.50 Å². The van der Waals surface area contributed by atoms with Gasteiger partial charge in [0.15, 0.2) is 5.17 Å². The average Bonchev–Trinajstić information content (AvgIpc) is 2.95. The average molecular weight is 418 g/mol. The molecule has 0 aromatic heterocycles. The highest BCUT2D eigenvalue weighted by Crippen LogP contribution is 2.23. The van der Waals surface area contributed by atoms with Crippen LogP contribution in [0.1, 0.15) is 23.6 Å². The van der Waals surface area contributed by atoms with Crippen LogP contribution in [-0.4, -0.2) is 31.0 Å². The highest BCUT2D eigenvalue weighted by Gasteiger charge is 2.25. The fourth-order valence-corrected chi connectivity index (χ4v) is 4.44. The molecule has 1 heterocycles. The summed E-state index contributed by atoms with van der Waals surface area (Å²) in [6.07, 6.45) is 1.46. The van der Waals surface area contributed by atoms with E-state index >= 15 is 0 Å². The highest BCUT2D eigenvalue weighted by atomic mass is 32.2. The van der Waals surface area contributed by atoms with E-state index < -0.39 is 10.1 Å². The highest BCUT2D eigenvalue weighted by molar-refractivity contribution is 8.15. The van der Waals surface area contributed by atoms with E-state index in [0.717, 1.165) is 5.56 Å². The van der Waals surface area contributed by atoms with E-state index in [-0.39, 0.29) is 21.8 Å². The van der Waals surface area contributed by atoms with Crippen LogP contribution in [0.4, 0.5) is 0 Å². The second-order valence-corrected chi connectivity index (χ2v) is 9.12. The Morgan fingerprint density at radius 1 is 1.18 bits per heavy atom. The van der Waals surface area contributed by atoms with Gasteiger partial charge in [0.2, 0.25) is 5.91 Å². The van der Waals surface area contributed by atoms with Crippen LogP contribution in [0.5, 0.6) is 5.75 Å². The molecule has 1 unspecified atom stereocenters. The van der Waals surface area contributed by atoms with Gasteiger partial charge in [0, 0.05) is 0 Å². The second kappa shape index (κ2) is 8.15. The van der Waals surface area contributed by atoms with Crippen molar-refractivity contribution in [2.24, 2.45) is 10.2 Å². The number of amidine groups is 1. The minimum Gasteiger partial charge on any atom is -0.379 e. The van der Waals surface area contributed by atoms with Crippen LogP contribution >= 0.6 is 11.8 Å². The third-order valence-electron chi connectivity index (χ3n) is 3.92. The third-order valence-corrected chi connectivity index (χ3v) is 6.29. The van der Waals surface area contributed by atoms with Crippen molar-refractivity contribution in [3.8, 4) is 5.75 Å². The molecule has 146 valence electrons. The molecule has 0 radical (unpaired) electrons. The third kappa shape index (κ3) is 4.79. The lowest BCUT2D eigenvalue weighted by atomic mass is 10.2. The van der Waals surface area contributed by atoms with Crippen LogP contribution in [0.25, 0.3) is 0 Å². The van der Waals surface area contributed by atoms with Gasteiger partial charge in [-0.15, -0.1) is 5.10 Å². The van der Waals surface area contributed by atoms with Gasteiger partial charge in [0.25, 0.3) is 0 Å². The molecule has 1 aliphatic rings. The Hall–Kier alpha value is -2.65. The second-order valence-electron chi connectivity index (χ2n) is 6.28. The number of carbonyl (C=O) groups excluding carboxylic acids is 1. The van der Waals surface area contributed by atoms with E-state index in [1.807, 2.05) is 13.0 Å². The Kier molecular flexibility index (Phi) is 5.85. The van der Waals surface area contributed by atoms with E-state index in [2.05, 4.69) is 15.5 Å². The van der Waals surface area contributed by atoms with Crippen LogP contribution in [0.2, 0.25) is 0 Å². The minimum absolute atomic E-state index is 0.106. The van der Waals surface area contributed by atoms with E-state index in [1.54, 1.807) is 50.2 Å². The van der Waals surface area contributed by atoms with Gasteiger partial charge in [-0.2, -0.15) is 13.5 Å². The van der Waals surface area contributed by atoms with Gasteiger partial charge in [-0.05, 0) is 55.7 Å². The van der Waals surface area contributed by atoms with Crippen molar-refractivity contribution in [1.29, 1.82) is 0 Å². The summed E-state index contributed by atoms with van der Waals surface area (Å²) >= 11 is 1.29. The topological polar surface area (TPSA) is 97.2 Å². The molecule has 2 aromatic rings. The molecule has 0 spiro atoms. The number of amides is 1. The summed E-state index contributed by atoms with van der Waals surface area (Å²) in [6, 6.07) is 11.7. The zero-order chi connectivity index (χ0) is 20.3. The molecule has 0 aliphatic carbocycles. The summed E-state index contributed by atoms with van der Waals surface area (Å²) in [6.45, 7) is 5.32. The lowest BCUT2D eigenvalue weighted by Crippen LogP contribution is -2.23. The first-order chi connectivity index (χ1) is 13.2. The lowest BCUT2D eigenvalue weighted by Gasteiger charge is -2.10. The molecule has 1 amide bonds. The van der Waals surface area contributed by atoms with Crippen LogP contribution in [0.15, 0.2) is 57.6 Å². The molecule has 1 N–H and O–H groups in total. The first-order valence-electron chi connectivity index (χ1n) is 8.45. The maximum absolute atomic E-state index is 12.6. The fourth-order valence-electron chi connectivity index (χ4n) is 2.45. The Morgan fingerprint density at radius 3 is 2.68 bits per heavy atom. The minimum atomic E-state index is -3.95. The molecular formula is C19H19N3O4S2. The molecule has 3 rings (SSSR count). The van der Waals surface area contributed by atoms with Crippen molar-refractivity contribution in [2.45, 2.75) is 30.9 Å². The fraction of sp³-hybridized carbons (Fsp3) is 0.211. The molecule has 1 atom stereocenters. The smallest absolute Gasteiger partial charge is 0.339 e. The van der Waals surface area contributed by atoms with Crippen LogP contribution in [-0.2, 0) is 14.9 Å². The molecule has 1 fully saturated rings. The number of benzene rings is 2. The van der Waals surface area contributed by atoms with E-state index in [4.69, 9.17) is 4.18 Å². The summed E-state index contributed by atoms with van der Waals surface area (Å²) in [5.74, 6) is 0.0701. The molecule has 2 aromatic carbocycles. The van der Waals surface area contributed by atoms with Crippen molar-refractivity contribution in [3.05, 3.63) is 59.2 Å². The van der Waals surface area contributed by atoms with Crippen LogP contribution in [0.3, 0.4) is 0 Å². The Balaban J connectivity index is 1.76. The quantitative estimate of drug-likeness (QED) is 0.458. The molecule has 1 saturated heterocycles. The van der Waals surface area contributed by atoms with Crippen molar-refractivity contribution >= 4 is 39.2 Å². The van der Waals surface area contributed by atoms with E-state index in [0.29, 0.717) is 16.3 Å². The summed E-state index contributed by atoms with van der Waals surface area (Å²) in [7, 11) is -3.95. The molecule has 28 heavy (non-hydrogen) atoms. The number of thioether (sulfide) groups is 1. The SMILES string of the molecule is Cc1ccc(C)c(S(=O)(=O)Oc2cccc(/C=N/N=C3/NC(=O)C(C)S3)c2)c1. The maximum atomic E-state index is 12.6. The molecule has 7 nitrogen and oxygen atoms in total. The summed E-state index contributed by atoms with van der Waals surface area (Å²) in [5, 5.41) is 10.7. The molecule has 9 heteroatoms. The van der Waals surface area contributed by atoms with Crippen molar-refractivity contribution in [1.82, 2.24) is 5.32 Å². The number of nitrogens with one attached hydrogen (secondary N) is 1. The van der Waals surface area contributed by atoms with Crippen molar-refractivity contribution in [3.63, 3.8) is 0 Å². The number of aryl methyl sites for hydroxylation is 2. The van der Waals surface area contributed by atoms with Gasteiger partial charge in [-0.1, -0.05) is 36.0 Å². The van der Waals surface area contributed by atoms with Crippen molar-refractivity contribution in [2.75, 3.05) is 0 Å². The predicted molar refractivity (Wildman–Crippen MR) is 110 cm³/mol. The van der Waals surface area contributed by atoms with Gasteiger partial charge in [-0.25, -0.2) is 0 Å². The number of rotatable bonds is 5. The molecular weight excluding hydrogens is 398 g/mol. The normalized spacial score (nSPS) is 18.6. The van der Waals surface area contributed by atoms with Gasteiger partial charge in [0.1, 0.15) is 10.6 Å². The summed E-state index contributed by atoms with van der Waals surface area (Å²) < 4.78 is 30.5. The summed E-state index contributed by atoms with van der Waals surface area (Å²) in [5.41, 5.74) is 2.06. The Labute approximate surface area is 168 Å². The number of hydrogen-bond donors (Lipinski definition) is 1. The molecule has 0 saturated carbocycles. The van der Waals surface area contributed by atoms with Gasteiger partial charge in [-0.3, -0.25) is 4.79 Å². The number of hydrogen-bond acceptors (Lipinski definition) is 7. The first-order valence-corrected chi connectivity index (χ1v) is 10.7. The Bertz CT molecular complexity index is 1080. The summed E-state index contributed by atoms with van der Waals surface area (Å²) in [4.78, 5) is 11.6. The van der Waals surface area contributed by atoms with Crippen molar-refractivity contribution < 1.29 is 17.4 Å². The van der Waals surface area contributed by atoms with E-state index in [1.165, 1.54) is 18.0 Å². The van der Waals surface area contributed by atoms with Crippen LogP contribution in [0, 0.1) is 13.8 Å². The van der Waals surface area contributed by atoms with Crippen LogP contribution < -0.4 is 9.50 Å².